The summed E-state index contributed by atoms with van der Waals surface area (Å²) in [7, 11) is 5.07. The average Bonchev–Trinajstić information content (AvgIpc) is 3.11. The van der Waals surface area contributed by atoms with Crippen LogP contribution in [0.15, 0.2) is 40.7 Å². The number of nitrogens with one attached hydrogen (secondary N) is 2. The summed E-state index contributed by atoms with van der Waals surface area (Å²) >= 11 is 1.77. The molecule has 23 heavy (non-hydrogen) atoms. The number of thiophene rings is 1. The van der Waals surface area contributed by atoms with E-state index >= 15 is 0 Å². The van der Waals surface area contributed by atoms with Gasteiger partial charge in [-0.2, -0.15) is 0 Å². The molecule has 0 bridgehead atoms. The van der Waals surface area contributed by atoms with Crippen LogP contribution in [-0.4, -0.2) is 33.8 Å². The molecule has 0 saturated carbocycles. The number of benzene rings is 1. The minimum Gasteiger partial charge on any atom is -0.497 e. The molecule has 2 rings (SSSR count). The molecule has 0 saturated heterocycles. The molecule has 1 aromatic carbocycles. The van der Waals surface area contributed by atoms with Crippen molar-refractivity contribution in [3.8, 4) is 11.5 Å². The highest BCUT2D eigenvalue weighted by molar-refractivity contribution is 7.09. The van der Waals surface area contributed by atoms with E-state index in [1.165, 1.54) is 4.88 Å². The summed E-state index contributed by atoms with van der Waals surface area (Å²) in [6.07, 6.45) is 0.990. The molecule has 2 N–H and O–H groups in total. The van der Waals surface area contributed by atoms with Crippen molar-refractivity contribution in [3.63, 3.8) is 0 Å². The fourth-order valence-electron chi connectivity index (χ4n) is 2.16. The van der Waals surface area contributed by atoms with E-state index in [9.17, 15) is 0 Å². The minimum atomic E-state index is 0.631. The van der Waals surface area contributed by atoms with E-state index in [0.29, 0.717) is 6.54 Å². The summed E-state index contributed by atoms with van der Waals surface area (Å²) in [4.78, 5) is 5.61. The fourth-order valence-corrected chi connectivity index (χ4v) is 2.87. The van der Waals surface area contributed by atoms with Gasteiger partial charge in [-0.15, -0.1) is 11.3 Å². The summed E-state index contributed by atoms with van der Waals surface area (Å²) in [5.74, 6) is 2.36. The lowest BCUT2D eigenvalue weighted by Gasteiger charge is -2.14. The molecule has 0 fully saturated rings. The van der Waals surface area contributed by atoms with E-state index < -0.39 is 0 Å². The summed E-state index contributed by atoms with van der Waals surface area (Å²) in [6.45, 7) is 1.48. The summed E-state index contributed by atoms with van der Waals surface area (Å²) < 4.78 is 10.6. The Balaban J connectivity index is 1.85. The molecule has 0 amide bonds. The molecular weight excluding hydrogens is 310 g/mol. The van der Waals surface area contributed by atoms with Crippen molar-refractivity contribution in [2.45, 2.75) is 13.0 Å². The van der Waals surface area contributed by atoms with Crippen LogP contribution in [0.4, 0.5) is 0 Å². The van der Waals surface area contributed by atoms with Crippen LogP contribution in [0.25, 0.3) is 0 Å². The standard InChI is InChI=1S/C17H23N3O2S/c1-18-17(19-9-8-15-5-4-10-23-15)20-12-13-6-7-14(21-2)11-16(13)22-3/h4-7,10-11H,8-9,12H2,1-3H3,(H2,18,19,20). The maximum absolute atomic E-state index is 5.40. The normalized spacial score (nSPS) is 11.2. The van der Waals surface area contributed by atoms with Crippen molar-refractivity contribution in [1.29, 1.82) is 0 Å². The van der Waals surface area contributed by atoms with Crippen molar-refractivity contribution < 1.29 is 9.47 Å². The van der Waals surface area contributed by atoms with E-state index in [2.05, 4.69) is 33.1 Å². The van der Waals surface area contributed by atoms with Crippen LogP contribution < -0.4 is 20.1 Å². The zero-order chi connectivity index (χ0) is 16.5. The van der Waals surface area contributed by atoms with Gasteiger partial charge in [0.2, 0.25) is 0 Å². The molecule has 0 unspecified atom stereocenters. The molecule has 6 heteroatoms. The lowest BCUT2D eigenvalue weighted by Crippen LogP contribution is -2.37. The zero-order valence-corrected chi connectivity index (χ0v) is 14.6. The summed E-state index contributed by atoms with van der Waals surface area (Å²) in [5, 5.41) is 8.71. The molecule has 2 aromatic rings. The maximum atomic E-state index is 5.40. The Morgan fingerprint density at radius 1 is 1.17 bits per heavy atom. The van der Waals surface area contributed by atoms with Gasteiger partial charge in [-0.05, 0) is 30.0 Å². The van der Waals surface area contributed by atoms with E-state index in [-0.39, 0.29) is 0 Å². The molecule has 0 radical (unpaired) electrons. The Morgan fingerprint density at radius 2 is 2.04 bits per heavy atom. The molecule has 0 aliphatic heterocycles. The monoisotopic (exact) mass is 333 g/mol. The van der Waals surface area contributed by atoms with Crippen LogP contribution >= 0.6 is 11.3 Å². The first-order valence-electron chi connectivity index (χ1n) is 7.44. The molecule has 0 atom stereocenters. The molecule has 5 nitrogen and oxygen atoms in total. The van der Waals surface area contributed by atoms with Crippen LogP contribution in [0.5, 0.6) is 11.5 Å². The lowest BCUT2D eigenvalue weighted by molar-refractivity contribution is 0.390. The molecule has 124 valence electrons. The Kier molecular flexibility index (Phi) is 6.75. The Morgan fingerprint density at radius 3 is 2.70 bits per heavy atom. The largest absolute Gasteiger partial charge is 0.497 e. The Bertz CT molecular complexity index is 627. The van der Waals surface area contributed by atoms with Gasteiger partial charge in [-0.25, -0.2) is 0 Å². The number of hydrogen-bond acceptors (Lipinski definition) is 4. The molecule has 0 spiro atoms. The van der Waals surface area contributed by atoms with Gasteiger partial charge in [0.05, 0.1) is 14.2 Å². The van der Waals surface area contributed by atoms with Crippen LogP contribution in [0.1, 0.15) is 10.4 Å². The number of nitrogens with zero attached hydrogens (tertiary/aromatic N) is 1. The first-order chi connectivity index (χ1) is 11.3. The number of ether oxygens (including phenoxy) is 2. The first-order valence-corrected chi connectivity index (χ1v) is 8.32. The van der Waals surface area contributed by atoms with Gasteiger partial charge in [-0.3, -0.25) is 4.99 Å². The molecule has 1 aromatic heterocycles. The molecule has 1 heterocycles. The third-order valence-electron chi connectivity index (χ3n) is 3.41. The van der Waals surface area contributed by atoms with Crippen LogP contribution in [0.3, 0.4) is 0 Å². The fraction of sp³-hybridized carbons (Fsp3) is 0.353. The topological polar surface area (TPSA) is 54.9 Å². The minimum absolute atomic E-state index is 0.631. The van der Waals surface area contributed by atoms with Crippen molar-refractivity contribution in [1.82, 2.24) is 10.6 Å². The van der Waals surface area contributed by atoms with Gasteiger partial charge >= 0.3 is 0 Å². The second-order valence-electron chi connectivity index (χ2n) is 4.86. The van der Waals surface area contributed by atoms with E-state index in [0.717, 1.165) is 36.0 Å². The van der Waals surface area contributed by atoms with Crippen LogP contribution in [0, 0.1) is 0 Å². The third kappa shape index (κ3) is 5.17. The van der Waals surface area contributed by atoms with Gasteiger partial charge in [0, 0.05) is 36.6 Å². The van der Waals surface area contributed by atoms with Crippen LogP contribution in [0.2, 0.25) is 0 Å². The van der Waals surface area contributed by atoms with Crippen molar-refractivity contribution >= 4 is 17.3 Å². The van der Waals surface area contributed by atoms with E-state index in [1.807, 2.05) is 18.2 Å². The predicted octanol–water partition coefficient (Wildman–Crippen LogP) is 2.67. The highest BCUT2D eigenvalue weighted by Crippen LogP contribution is 2.24. The smallest absolute Gasteiger partial charge is 0.191 e. The average molecular weight is 333 g/mol. The highest BCUT2D eigenvalue weighted by atomic mass is 32.1. The van der Waals surface area contributed by atoms with Gasteiger partial charge < -0.3 is 20.1 Å². The second-order valence-corrected chi connectivity index (χ2v) is 5.89. The number of rotatable bonds is 7. The number of methoxy groups -OCH3 is 2. The lowest BCUT2D eigenvalue weighted by atomic mass is 10.2. The van der Waals surface area contributed by atoms with E-state index in [1.54, 1.807) is 32.6 Å². The molecule has 0 aliphatic carbocycles. The van der Waals surface area contributed by atoms with Crippen molar-refractivity contribution in [2.24, 2.45) is 4.99 Å². The number of guanidine groups is 1. The summed E-state index contributed by atoms with van der Waals surface area (Å²) in [6, 6.07) is 10.0. The van der Waals surface area contributed by atoms with Crippen LogP contribution in [-0.2, 0) is 13.0 Å². The van der Waals surface area contributed by atoms with Crippen molar-refractivity contribution in [2.75, 3.05) is 27.8 Å². The predicted molar refractivity (Wildman–Crippen MR) is 95.8 cm³/mol. The second kappa shape index (κ2) is 9.05. The molecular formula is C17H23N3O2S. The van der Waals surface area contributed by atoms with E-state index in [4.69, 9.17) is 9.47 Å². The van der Waals surface area contributed by atoms with Gasteiger partial charge in [0.15, 0.2) is 5.96 Å². The van der Waals surface area contributed by atoms with Crippen molar-refractivity contribution in [3.05, 3.63) is 46.2 Å². The van der Waals surface area contributed by atoms with Gasteiger partial charge in [-0.1, -0.05) is 6.07 Å². The van der Waals surface area contributed by atoms with Gasteiger partial charge in [0.1, 0.15) is 11.5 Å². The zero-order valence-electron chi connectivity index (χ0n) is 13.8. The maximum Gasteiger partial charge on any atom is 0.191 e. The third-order valence-corrected chi connectivity index (χ3v) is 4.34. The first kappa shape index (κ1) is 17.1. The quantitative estimate of drug-likeness (QED) is 0.604. The number of hydrogen-bond donors (Lipinski definition) is 2. The SMILES string of the molecule is CN=C(NCCc1cccs1)NCc1ccc(OC)cc1OC. The number of aliphatic imine (C=N–C) groups is 1. The Labute approximate surface area is 141 Å². The van der Waals surface area contributed by atoms with Gasteiger partial charge in [0.25, 0.3) is 0 Å². The highest BCUT2D eigenvalue weighted by Gasteiger charge is 2.06. The Hall–Kier alpha value is -2.21. The summed E-state index contributed by atoms with van der Waals surface area (Å²) in [5.41, 5.74) is 1.05. The molecule has 0 aliphatic rings.